The van der Waals surface area contributed by atoms with Gasteiger partial charge in [0.2, 0.25) is 0 Å². The minimum atomic E-state index is -0.269. The summed E-state index contributed by atoms with van der Waals surface area (Å²) >= 11 is 3.33. The number of benzene rings is 2. The molecule has 0 heterocycles. The van der Waals surface area contributed by atoms with E-state index in [-0.39, 0.29) is 11.9 Å². The van der Waals surface area contributed by atoms with Crippen molar-refractivity contribution in [3.8, 4) is 5.75 Å². The van der Waals surface area contributed by atoms with E-state index < -0.39 is 0 Å². The molecule has 106 valence electrons. The summed E-state index contributed by atoms with van der Waals surface area (Å²) in [7, 11) is 3.49. The van der Waals surface area contributed by atoms with Gasteiger partial charge in [0.15, 0.2) is 0 Å². The summed E-state index contributed by atoms with van der Waals surface area (Å²) in [6.07, 6.45) is 0. The Balaban J connectivity index is 2.58. The maximum atomic E-state index is 13.7. The fourth-order valence-corrected chi connectivity index (χ4v) is 2.79. The van der Waals surface area contributed by atoms with Crippen LogP contribution in [0.25, 0.3) is 0 Å². The maximum absolute atomic E-state index is 13.7. The second kappa shape index (κ2) is 6.37. The van der Waals surface area contributed by atoms with Crippen LogP contribution in [0.1, 0.15) is 22.7 Å². The highest BCUT2D eigenvalue weighted by atomic mass is 79.9. The average molecular weight is 338 g/mol. The predicted molar refractivity (Wildman–Crippen MR) is 82.7 cm³/mol. The van der Waals surface area contributed by atoms with Crippen molar-refractivity contribution in [3.05, 3.63) is 63.4 Å². The summed E-state index contributed by atoms with van der Waals surface area (Å²) in [4.78, 5) is 0. The molecule has 2 nitrogen and oxygen atoms in total. The van der Waals surface area contributed by atoms with Gasteiger partial charge in [0, 0.05) is 5.56 Å². The quantitative estimate of drug-likeness (QED) is 0.902. The predicted octanol–water partition coefficient (Wildman–Crippen LogP) is 4.21. The van der Waals surface area contributed by atoms with Gasteiger partial charge < -0.3 is 10.1 Å². The van der Waals surface area contributed by atoms with Gasteiger partial charge in [-0.2, -0.15) is 0 Å². The first kappa shape index (κ1) is 15.0. The number of methoxy groups -OCH3 is 1. The van der Waals surface area contributed by atoms with E-state index in [1.165, 1.54) is 6.07 Å². The molecule has 0 bridgehead atoms. The Morgan fingerprint density at radius 2 is 1.95 bits per heavy atom. The lowest BCUT2D eigenvalue weighted by molar-refractivity contribution is 0.405. The van der Waals surface area contributed by atoms with E-state index in [9.17, 15) is 4.39 Å². The summed E-state index contributed by atoms with van der Waals surface area (Å²) in [6, 6.07) is 10.9. The molecule has 4 heteroatoms. The molecular formula is C16H17BrFNO. The largest absolute Gasteiger partial charge is 0.496 e. The first-order valence-corrected chi connectivity index (χ1v) is 7.13. The molecule has 2 aromatic carbocycles. The Morgan fingerprint density at radius 1 is 1.20 bits per heavy atom. The second-order valence-electron chi connectivity index (χ2n) is 4.61. The van der Waals surface area contributed by atoms with E-state index in [1.54, 1.807) is 13.2 Å². The van der Waals surface area contributed by atoms with Crippen LogP contribution in [0.2, 0.25) is 0 Å². The lowest BCUT2D eigenvalue weighted by Gasteiger charge is -2.21. The van der Waals surface area contributed by atoms with Gasteiger partial charge in [0.05, 0.1) is 17.6 Å². The molecule has 2 rings (SSSR count). The van der Waals surface area contributed by atoms with E-state index in [0.717, 1.165) is 22.4 Å². The Bertz CT molecular complexity index is 615. The van der Waals surface area contributed by atoms with Crippen LogP contribution in [0.4, 0.5) is 4.39 Å². The first-order chi connectivity index (χ1) is 9.58. The minimum Gasteiger partial charge on any atom is -0.496 e. The summed E-state index contributed by atoms with van der Waals surface area (Å²) in [5.74, 6) is 0.514. The lowest BCUT2D eigenvalue weighted by atomic mass is 9.96. The van der Waals surface area contributed by atoms with Crippen LogP contribution in [0.15, 0.2) is 40.9 Å². The molecule has 1 atom stereocenters. The monoisotopic (exact) mass is 337 g/mol. The van der Waals surface area contributed by atoms with E-state index in [1.807, 2.05) is 32.2 Å². The summed E-state index contributed by atoms with van der Waals surface area (Å²) in [5.41, 5.74) is 2.96. The molecule has 0 aromatic heterocycles. The summed E-state index contributed by atoms with van der Waals surface area (Å²) < 4.78 is 19.6. The molecule has 0 amide bonds. The smallest absolute Gasteiger partial charge is 0.137 e. The normalized spacial score (nSPS) is 12.2. The number of hydrogen-bond acceptors (Lipinski definition) is 2. The number of nitrogens with one attached hydrogen (secondary N) is 1. The molecule has 0 spiro atoms. The van der Waals surface area contributed by atoms with Crippen molar-refractivity contribution in [3.63, 3.8) is 0 Å². The third-order valence-electron chi connectivity index (χ3n) is 3.28. The molecule has 1 N–H and O–H groups in total. The molecule has 1 unspecified atom stereocenters. The van der Waals surface area contributed by atoms with Gasteiger partial charge >= 0.3 is 0 Å². The highest BCUT2D eigenvalue weighted by molar-refractivity contribution is 9.10. The number of aryl methyl sites for hydroxylation is 1. The number of ether oxygens (including phenoxy) is 1. The van der Waals surface area contributed by atoms with Crippen molar-refractivity contribution in [2.24, 2.45) is 0 Å². The summed E-state index contributed by atoms with van der Waals surface area (Å²) in [6.45, 7) is 2.02. The Morgan fingerprint density at radius 3 is 2.60 bits per heavy atom. The zero-order chi connectivity index (χ0) is 14.7. The van der Waals surface area contributed by atoms with Crippen molar-refractivity contribution in [1.29, 1.82) is 0 Å². The van der Waals surface area contributed by atoms with Gasteiger partial charge in [-0.05, 0) is 47.6 Å². The van der Waals surface area contributed by atoms with E-state index in [0.29, 0.717) is 4.47 Å². The Kier molecular flexibility index (Phi) is 4.78. The van der Waals surface area contributed by atoms with Crippen LogP contribution in [0, 0.1) is 12.7 Å². The van der Waals surface area contributed by atoms with Crippen LogP contribution >= 0.6 is 15.9 Å². The average Bonchev–Trinajstić information content (AvgIpc) is 2.44. The van der Waals surface area contributed by atoms with Crippen LogP contribution in [-0.2, 0) is 0 Å². The molecule has 0 saturated carbocycles. The molecule has 0 saturated heterocycles. The van der Waals surface area contributed by atoms with Gasteiger partial charge in [-0.25, -0.2) is 4.39 Å². The standard InChI is InChI=1S/C16H17BrFNO/c1-10-7-8-14(20-3)12(9-10)16(19-2)11-5-4-6-13(18)15(11)17/h4-9,16,19H,1-3H3. The number of hydrogen-bond donors (Lipinski definition) is 1. The highest BCUT2D eigenvalue weighted by Gasteiger charge is 2.20. The fraction of sp³-hybridized carbons (Fsp3) is 0.250. The molecule has 0 radical (unpaired) electrons. The Labute approximate surface area is 127 Å². The molecule has 0 fully saturated rings. The third-order valence-corrected chi connectivity index (χ3v) is 4.11. The molecule has 0 aliphatic rings. The topological polar surface area (TPSA) is 21.3 Å². The molecule has 0 aliphatic heterocycles. The minimum absolute atomic E-state index is 0.144. The van der Waals surface area contributed by atoms with Crippen molar-refractivity contribution in [1.82, 2.24) is 5.32 Å². The van der Waals surface area contributed by atoms with Crippen LogP contribution in [0.3, 0.4) is 0 Å². The van der Waals surface area contributed by atoms with Gasteiger partial charge in [0.25, 0.3) is 0 Å². The van der Waals surface area contributed by atoms with Crippen molar-refractivity contribution in [2.75, 3.05) is 14.2 Å². The first-order valence-electron chi connectivity index (χ1n) is 6.34. The van der Waals surface area contributed by atoms with Gasteiger partial charge in [-0.3, -0.25) is 0 Å². The Hall–Kier alpha value is -1.39. The van der Waals surface area contributed by atoms with Crippen molar-refractivity contribution in [2.45, 2.75) is 13.0 Å². The molecule has 20 heavy (non-hydrogen) atoms. The van der Waals surface area contributed by atoms with Crippen LogP contribution in [-0.4, -0.2) is 14.2 Å². The number of halogens is 2. The van der Waals surface area contributed by atoms with Crippen molar-refractivity contribution >= 4 is 15.9 Å². The van der Waals surface area contributed by atoms with E-state index in [2.05, 4.69) is 27.3 Å². The SMILES string of the molecule is CNC(c1cc(C)ccc1OC)c1cccc(F)c1Br. The second-order valence-corrected chi connectivity index (χ2v) is 5.40. The highest BCUT2D eigenvalue weighted by Crippen LogP contribution is 2.35. The van der Waals surface area contributed by atoms with Crippen LogP contribution in [0.5, 0.6) is 5.75 Å². The van der Waals surface area contributed by atoms with Crippen LogP contribution < -0.4 is 10.1 Å². The summed E-state index contributed by atoms with van der Waals surface area (Å²) in [5, 5.41) is 3.23. The fourth-order valence-electron chi connectivity index (χ4n) is 2.30. The molecular weight excluding hydrogens is 321 g/mol. The van der Waals surface area contributed by atoms with Gasteiger partial charge in [-0.15, -0.1) is 0 Å². The zero-order valence-electron chi connectivity index (χ0n) is 11.7. The van der Waals surface area contributed by atoms with E-state index >= 15 is 0 Å². The van der Waals surface area contributed by atoms with Crippen molar-refractivity contribution < 1.29 is 9.13 Å². The molecule has 2 aromatic rings. The number of rotatable bonds is 4. The maximum Gasteiger partial charge on any atom is 0.137 e. The van der Waals surface area contributed by atoms with E-state index in [4.69, 9.17) is 4.74 Å². The van der Waals surface area contributed by atoms with Gasteiger partial charge in [0.1, 0.15) is 11.6 Å². The zero-order valence-corrected chi connectivity index (χ0v) is 13.3. The molecule has 0 aliphatic carbocycles. The third kappa shape index (κ3) is 2.86. The lowest BCUT2D eigenvalue weighted by Crippen LogP contribution is -2.19. The van der Waals surface area contributed by atoms with Gasteiger partial charge in [-0.1, -0.05) is 29.8 Å².